The van der Waals surface area contributed by atoms with Gasteiger partial charge in [-0.1, -0.05) is 27.7 Å². The maximum absolute atomic E-state index is 12.2. The van der Waals surface area contributed by atoms with Gasteiger partial charge in [0.1, 0.15) is 5.75 Å². The number of thioether (sulfide) groups is 1. The van der Waals surface area contributed by atoms with Crippen LogP contribution in [0.5, 0.6) is 5.75 Å². The lowest BCUT2D eigenvalue weighted by atomic mass is 10.2. The summed E-state index contributed by atoms with van der Waals surface area (Å²) in [6, 6.07) is 13.0. The largest absolute Gasteiger partial charge is 0.497 e. The standard InChI is InChI=1S/C18H18BrN5O2S/c1-11-9-13(19)5-8-15(11)21-16(25)10-27-18-23-22-17(24(18)20)12-3-6-14(26-2)7-4-12/h3-9H,10,20H2,1-2H3,(H,21,25). The lowest BCUT2D eigenvalue weighted by molar-refractivity contribution is -0.113. The second-order valence-electron chi connectivity index (χ2n) is 5.70. The summed E-state index contributed by atoms with van der Waals surface area (Å²) in [7, 11) is 1.61. The predicted molar refractivity (Wildman–Crippen MR) is 110 cm³/mol. The van der Waals surface area contributed by atoms with Crippen molar-refractivity contribution in [1.82, 2.24) is 14.9 Å². The lowest BCUT2D eigenvalue weighted by Crippen LogP contribution is -2.17. The van der Waals surface area contributed by atoms with Gasteiger partial charge >= 0.3 is 0 Å². The average molecular weight is 448 g/mol. The first-order valence-electron chi connectivity index (χ1n) is 8.01. The number of aromatic nitrogens is 3. The Kier molecular flexibility index (Phi) is 6.02. The third kappa shape index (κ3) is 4.61. The number of methoxy groups -OCH3 is 1. The molecule has 0 atom stereocenters. The molecule has 27 heavy (non-hydrogen) atoms. The smallest absolute Gasteiger partial charge is 0.234 e. The van der Waals surface area contributed by atoms with Gasteiger partial charge in [-0.3, -0.25) is 4.79 Å². The average Bonchev–Trinajstić information content (AvgIpc) is 3.03. The molecule has 0 aliphatic heterocycles. The molecule has 0 aliphatic carbocycles. The van der Waals surface area contributed by atoms with E-state index in [0.717, 1.165) is 27.0 Å². The van der Waals surface area contributed by atoms with Crippen LogP contribution in [-0.2, 0) is 4.79 Å². The second kappa shape index (κ2) is 8.45. The van der Waals surface area contributed by atoms with Crippen LogP contribution in [0, 0.1) is 6.92 Å². The van der Waals surface area contributed by atoms with E-state index in [1.165, 1.54) is 16.4 Å². The molecule has 0 bridgehead atoms. The SMILES string of the molecule is COc1ccc(-c2nnc(SCC(=O)Nc3ccc(Br)cc3C)n2N)cc1. The number of carbonyl (C=O) groups excluding carboxylic acids is 1. The van der Waals surface area contributed by atoms with E-state index in [1.807, 2.05) is 49.4 Å². The second-order valence-corrected chi connectivity index (χ2v) is 7.56. The van der Waals surface area contributed by atoms with Crippen LogP contribution in [0.1, 0.15) is 5.56 Å². The topological polar surface area (TPSA) is 95.1 Å². The molecule has 0 radical (unpaired) electrons. The summed E-state index contributed by atoms with van der Waals surface area (Å²) < 4.78 is 7.49. The number of nitrogens with two attached hydrogens (primary N) is 1. The fourth-order valence-corrected chi connectivity index (χ4v) is 3.53. The number of anilines is 1. The van der Waals surface area contributed by atoms with E-state index in [2.05, 4.69) is 31.4 Å². The predicted octanol–water partition coefficient (Wildman–Crippen LogP) is 3.47. The lowest BCUT2D eigenvalue weighted by Gasteiger charge is -2.08. The number of halogens is 1. The summed E-state index contributed by atoms with van der Waals surface area (Å²) in [5.74, 6) is 7.39. The Bertz CT molecular complexity index is 959. The summed E-state index contributed by atoms with van der Waals surface area (Å²) in [4.78, 5) is 12.2. The number of amides is 1. The number of benzene rings is 2. The van der Waals surface area contributed by atoms with Gasteiger partial charge in [0.05, 0.1) is 12.9 Å². The van der Waals surface area contributed by atoms with Gasteiger partial charge in [-0.25, -0.2) is 4.68 Å². The molecule has 0 aliphatic rings. The van der Waals surface area contributed by atoms with E-state index in [9.17, 15) is 4.79 Å². The highest BCUT2D eigenvalue weighted by atomic mass is 79.9. The molecule has 0 unspecified atom stereocenters. The van der Waals surface area contributed by atoms with Crippen LogP contribution >= 0.6 is 27.7 Å². The van der Waals surface area contributed by atoms with Crippen LogP contribution in [0.25, 0.3) is 11.4 Å². The molecular formula is C18H18BrN5O2S. The number of hydrogen-bond acceptors (Lipinski definition) is 6. The fraction of sp³-hybridized carbons (Fsp3) is 0.167. The van der Waals surface area contributed by atoms with Gasteiger partial charge in [0, 0.05) is 15.7 Å². The number of ether oxygens (including phenoxy) is 1. The van der Waals surface area contributed by atoms with Gasteiger partial charge in [-0.15, -0.1) is 10.2 Å². The highest BCUT2D eigenvalue weighted by molar-refractivity contribution is 9.10. The Hall–Kier alpha value is -2.52. The van der Waals surface area contributed by atoms with E-state index in [4.69, 9.17) is 10.6 Å². The van der Waals surface area contributed by atoms with Gasteiger partial charge in [-0.2, -0.15) is 0 Å². The normalized spacial score (nSPS) is 10.6. The third-order valence-electron chi connectivity index (χ3n) is 3.81. The minimum atomic E-state index is -0.139. The number of nitrogens with zero attached hydrogens (tertiary/aromatic N) is 3. The highest BCUT2D eigenvalue weighted by Gasteiger charge is 2.14. The van der Waals surface area contributed by atoms with Crippen LogP contribution in [0.3, 0.4) is 0 Å². The number of carbonyl (C=O) groups is 1. The zero-order chi connectivity index (χ0) is 19.4. The summed E-state index contributed by atoms with van der Waals surface area (Å²) in [6.45, 7) is 1.94. The van der Waals surface area contributed by atoms with Crippen LogP contribution in [-0.4, -0.2) is 33.6 Å². The summed E-state index contributed by atoms with van der Waals surface area (Å²) in [5, 5.41) is 11.5. The van der Waals surface area contributed by atoms with Crippen molar-refractivity contribution in [1.29, 1.82) is 0 Å². The van der Waals surface area contributed by atoms with Crippen molar-refractivity contribution < 1.29 is 9.53 Å². The van der Waals surface area contributed by atoms with Gasteiger partial charge in [0.2, 0.25) is 11.1 Å². The maximum atomic E-state index is 12.2. The first kappa shape index (κ1) is 19.2. The molecule has 1 aromatic heterocycles. The molecule has 140 valence electrons. The minimum absolute atomic E-state index is 0.139. The Morgan fingerprint density at radius 3 is 2.67 bits per heavy atom. The minimum Gasteiger partial charge on any atom is -0.497 e. The third-order valence-corrected chi connectivity index (χ3v) is 5.24. The Balaban J connectivity index is 1.64. The molecule has 0 saturated heterocycles. The monoisotopic (exact) mass is 447 g/mol. The number of aryl methyl sites for hydroxylation is 1. The Morgan fingerprint density at radius 2 is 2.00 bits per heavy atom. The van der Waals surface area contributed by atoms with E-state index in [-0.39, 0.29) is 11.7 Å². The van der Waals surface area contributed by atoms with Crippen molar-refractivity contribution in [2.24, 2.45) is 0 Å². The van der Waals surface area contributed by atoms with Crippen LogP contribution in [0.2, 0.25) is 0 Å². The van der Waals surface area contributed by atoms with Crippen LogP contribution < -0.4 is 15.9 Å². The number of rotatable bonds is 6. The first-order valence-corrected chi connectivity index (χ1v) is 9.79. The summed E-state index contributed by atoms with van der Waals surface area (Å²) in [5.41, 5.74) is 2.57. The van der Waals surface area contributed by atoms with Crippen LogP contribution in [0.4, 0.5) is 5.69 Å². The van der Waals surface area contributed by atoms with Gasteiger partial charge < -0.3 is 15.9 Å². The van der Waals surface area contributed by atoms with E-state index < -0.39 is 0 Å². The zero-order valence-corrected chi connectivity index (χ0v) is 17.2. The van der Waals surface area contributed by atoms with Crippen molar-refractivity contribution in [3.63, 3.8) is 0 Å². The van der Waals surface area contributed by atoms with Crippen molar-refractivity contribution in [2.75, 3.05) is 24.0 Å². The number of hydrogen-bond donors (Lipinski definition) is 2. The molecule has 3 aromatic rings. The summed E-state index contributed by atoms with van der Waals surface area (Å²) in [6.07, 6.45) is 0. The van der Waals surface area contributed by atoms with Gasteiger partial charge in [0.15, 0.2) is 5.82 Å². The van der Waals surface area contributed by atoms with Gasteiger partial charge in [0.25, 0.3) is 0 Å². The van der Waals surface area contributed by atoms with Crippen molar-refractivity contribution in [3.05, 3.63) is 52.5 Å². The maximum Gasteiger partial charge on any atom is 0.234 e. The van der Waals surface area contributed by atoms with E-state index in [0.29, 0.717) is 11.0 Å². The molecular weight excluding hydrogens is 430 g/mol. The van der Waals surface area contributed by atoms with E-state index >= 15 is 0 Å². The number of nitrogen functional groups attached to an aromatic ring is 1. The Labute approximate surface area is 169 Å². The molecule has 0 fully saturated rings. The zero-order valence-electron chi connectivity index (χ0n) is 14.8. The Morgan fingerprint density at radius 1 is 1.26 bits per heavy atom. The molecule has 0 saturated carbocycles. The van der Waals surface area contributed by atoms with Gasteiger partial charge in [-0.05, 0) is 55.0 Å². The molecule has 1 heterocycles. The van der Waals surface area contributed by atoms with Crippen LogP contribution in [0.15, 0.2) is 52.1 Å². The molecule has 7 nitrogen and oxygen atoms in total. The van der Waals surface area contributed by atoms with Crippen molar-refractivity contribution in [3.8, 4) is 17.1 Å². The quantitative estimate of drug-likeness (QED) is 0.443. The molecule has 9 heteroatoms. The molecule has 2 aromatic carbocycles. The molecule has 1 amide bonds. The number of nitrogens with one attached hydrogen (secondary N) is 1. The molecule has 3 N–H and O–H groups in total. The highest BCUT2D eigenvalue weighted by Crippen LogP contribution is 2.24. The van der Waals surface area contributed by atoms with Crippen molar-refractivity contribution in [2.45, 2.75) is 12.1 Å². The summed E-state index contributed by atoms with van der Waals surface area (Å²) >= 11 is 4.63. The van der Waals surface area contributed by atoms with Crippen molar-refractivity contribution >= 4 is 39.3 Å². The molecule has 0 spiro atoms. The molecule has 3 rings (SSSR count). The van der Waals surface area contributed by atoms with E-state index in [1.54, 1.807) is 7.11 Å². The fourth-order valence-electron chi connectivity index (χ4n) is 2.40. The first-order chi connectivity index (χ1) is 13.0.